The van der Waals surface area contributed by atoms with E-state index < -0.39 is 23.0 Å². The molecule has 0 spiro atoms. The Balaban J connectivity index is 1.56. The van der Waals surface area contributed by atoms with Crippen molar-refractivity contribution in [2.45, 2.75) is 18.5 Å². The number of pyridine rings is 1. The zero-order valence-electron chi connectivity index (χ0n) is 16.8. The van der Waals surface area contributed by atoms with Crippen molar-refractivity contribution in [1.82, 2.24) is 14.0 Å². The summed E-state index contributed by atoms with van der Waals surface area (Å²) >= 11 is 5.77. The smallest absolute Gasteiger partial charge is 0.242 e. The quantitative estimate of drug-likeness (QED) is 0.491. The number of nitrogens with one attached hydrogen (secondary N) is 2. The topological polar surface area (TPSA) is 74.3 Å². The van der Waals surface area contributed by atoms with E-state index in [9.17, 15) is 13.4 Å². The Hall–Kier alpha value is -2.43. The van der Waals surface area contributed by atoms with Gasteiger partial charge in [-0.25, -0.2) is 13.3 Å². The predicted octanol–water partition coefficient (Wildman–Crippen LogP) is 4.71. The van der Waals surface area contributed by atoms with Gasteiger partial charge in [-0.15, -0.1) is 17.9 Å². The van der Waals surface area contributed by atoms with Crippen LogP contribution >= 0.6 is 22.9 Å². The van der Waals surface area contributed by atoms with E-state index in [0.29, 0.717) is 12.1 Å². The lowest BCUT2D eigenvalue weighted by Crippen LogP contribution is -2.54. The van der Waals surface area contributed by atoms with Gasteiger partial charge in [-0.2, -0.15) is 4.31 Å². The summed E-state index contributed by atoms with van der Waals surface area (Å²) in [7, 11) is 0. The highest BCUT2D eigenvalue weighted by Gasteiger charge is 2.38. The van der Waals surface area contributed by atoms with E-state index in [1.165, 1.54) is 22.5 Å². The van der Waals surface area contributed by atoms with Crippen LogP contribution in [0.3, 0.4) is 0 Å². The zero-order valence-corrected chi connectivity index (χ0v) is 19.2. The van der Waals surface area contributed by atoms with Crippen molar-refractivity contribution in [2.75, 3.05) is 11.9 Å². The van der Waals surface area contributed by atoms with Crippen LogP contribution in [0.5, 0.6) is 0 Å². The van der Waals surface area contributed by atoms with Gasteiger partial charge in [-0.1, -0.05) is 23.7 Å². The number of rotatable bonds is 6. The second-order valence-electron chi connectivity index (χ2n) is 7.09. The Labute approximate surface area is 196 Å². The Morgan fingerprint density at radius 3 is 2.94 bits per heavy atom. The highest BCUT2D eigenvalue weighted by Crippen LogP contribution is 2.35. The summed E-state index contributed by atoms with van der Waals surface area (Å²) in [4.78, 5) is 19.4. The number of nitrogens with zero attached hydrogens (tertiary/aromatic N) is 2. The van der Waals surface area contributed by atoms with Crippen LogP contribution in [0.4, 0.5) is 10.1 Å². The molecule has 1 fully saturated rings. The third-order valence-corrected chi connectivity index (χ3v) is 7.78. The molecule has 4 rings (SSSR count). The fourth-order valence-corrected chi connectivity index (χ4v) is 5.97. The van der Waals surface area contributed by atoms with Crippen molar-refractivity contribution in [3.63, 3.8) is 0 Å². The molecular formula is C22H20ClFN4O2S2. The largest absolute Gasteiger partial charge is 0.325 e. The Morgan fingerprint density at radius 1 is 1.38 bits per heavy atom. The third kappa shape index (κ3) is 4.97. The Morgan fingerprint density at radius 2 is 2.22 bits per heavy atom. The number of carbonyl (C=O) groups is 1. The van der Waals surface area contributed by atoms with Gasteiger partial charge in [0.2, 0.25) is 5.91 Å². The summed E-state index contributed by atoms with van der Waals surface area (Å²) < 4.78 is 31.0. The van der Waals surface area contributed by atoms with Crippen molar-refractivity contribution < 1.29 is 13.4 Å². The fraction of sp³-hybridized carbons (Fsp3) is 0.182. The molecule has 0 bridgehead atoms. The molecule has 3 aromatic rings. The minimum absolute atomic E-state index is 0.0850. The molecule has 32 heavy (non-hydrogen) atoms. The SMILES string of the molecule is C=CCN1C(C(=O)Nc2ccc(F)c(Cl)c2)CC(c2ccc(-c3ccccn3)s2)NS1=O. The number of aromatic nitrogens is 1. The first-order valence-corrected chi connectivity index (χ1v) is 12.1. The van der Waals surface area contributed by atoms with E-state index in [1.54, 1.807) is 23.6 Å². The predicted molar refractivity (Wildman–Crippen MR) is 127 cm³/mol. The van der Waals surface area contributed by atoms with Gasteiger partial charge in [-0.3, -0.25) is 9.78 Å². The van der Waals surface area contributed by atoms with Crippen LogP contribution in [0, 0.1) is 5.82 Å². The molecule has 1 amide bonds. The van der Waals surface area contributed by atoms with Crippen molar-refractivity contribution >= 4 is 45.7 Å². The van der Waals surface area contributed by atoms with E-state index in [0.717, 1.165) is 15.4 Å². The minimum Gasteiger partial charge on any atom is -0.325 e. The normalized spacial score (nSPS) is 21.2. The maximum atomic E-state index is 13.5. The lowest BCUT2D eigenvalue weighted by Gasteiger charge is -2.36. The molecule has 1 aliphatic heterocycles. The summed E-state index contributed by atoms with van der Waals surface area (Å²) in [5.41, 5.74) is 1.23. The molecule has 6 nitrogen and oxygen atoms in total. The van der Waals surface area contributed by atoms with Crippen molar-refractivity contribution in [1.29, 1.82) is 0 Å². The number of anilines is 1. The van der Waals surface area contributed by atoms with Gasteiger partial charge in [0.25, 0.3) is 0 Å². The van der Waals surface area contributed by atoms with Crippen LogP contribution in [0.25, 0.3) is 10.6 Å². The van der Waals surface area contributed by atoms with E-state index in [-0.39, 0.29) is 23.5 Å². The van der Waals surface area contributed by atoms with Crippen molar-refractivity contribution in [3.8, 4) is 10.6 Å². The second-order valence-corrected chi connectivity index (χ2v) is 9.82. The van der Waals surface area contributed by atoms with Crippen LogP contribution in [0.2, 0.25) is 5.02 Å². The molecule has 1 aliphatic rings. The lowest BCUT2D eigenvalue weighted by atomic mass is 10.0. The van der Waals surface area contributed by atoms with E-state index in [4.69, 9.17) is 11.6 Å². The molecule has 10 heteroatoms. The monoisotopic (exact) mass is 490 g/mol. The number of benzene rings is 1. The maximum Gasteiger partial charge on any atom is 0.242 e. The number of hydrogen-bond donors (Lipinski definition) is 2. The second kappa shape index (κ2) is 10.0. The first-order chi connectivity index (χ1) is 15.5. The Bertz CT molecular complexity index is 1160. The van der Waals surface area contributed by atoms with Crippen LogP contribution in [0.15, 0.2) is 67.4 Å². The summed E-state index contributed by atoms with van der Waals surface area (Å²) in [6.07, 6.45) is 3.72. The molecule has 2 N–H and O–H groups in total. The van der Waals surface area contributed by atoms with Crippen LogP contribution in [-0.4, -0.2) is 32.0 Å². The fourth-order valence-electron chi connectivity index (χ4n) is 3.41. The summed E-state index contributed by atoms with van der Waals surface area (Å²) in [5.74, 6) is -0.918. The number of amides is 1. The van der Waals surface area contributed by atoms with Gasteiger partial charge in [0, 0.05) is 23.3 Å². The van der Waals surface area contributed by atoms with Crippen molar-refractivity contribution in [3.05, 3.63) is 83.1 Å². The van der Waals surface area contributed by atoms with Gasteiger partial charge < -0.3 is 5.32 Å². The van der Waals surface area contributed by atoms with Crippen LogP contribution in [-0.2, 0) is 16.0 Å². The minimum atomic E-state index is -1.60. The summed E-state index contributed by atoms with van der Waals surface area (Å²) in [6.45, 7) is 3.96. The number of thiophene rings is 1. The molecule has 0 radical (unpaired) electrons. The molecule has 166 valence electrons. The Kier molecular flexibility index (Phi) is 7.12. The first-order valence-electron chi connectivity index (χ1n) is 9.79. The first kappa shape index (κ1) is 22.8. The molecule has 2 aromatic heterocycles. The molecule has 3 atom stereocenters. The van der Waals surface area contributed by atoms with E-state index in [1.807, 2.05) is 30.3 Å². The highest BCUT2D eigenvalue weighted by molar-refractivity contribution is 7.80. The number of hydrogen-bond acceptors (Lipinski definition) is 4. The third-order valence-electron chi connectivity index (χ3n) is 4.95. The molecule has 0 saturated carbocycles. The average molecular weight is 491 g/mol. The highest BCUT2D eigenvalue weighted by atomic mass is 35.5. The molecule has 0 aliphatic carbocycles. The van der Waals surface area contributed by atoms with Crippen molar-refractivity contribution in [2.24, 2.45) is 0 Å². The average Bonchev–Trinajstić information content (AvgIpc) is 3.28. The molecule has 3 unspecified atom stereocenters. The number of carbonyl (C=O) groups excluding carboxylic acids is 1. The molecular weight excluding hydrogens is 471 g/mol. The van der Waals surface area contributed by atoms with Gasteiger partial charge in [0.15, 0.2) is 11.2 Å². The summed E-state index contributed by atoms with van der Waals surface area (Å²) in [5, 5.41) is 2.67. The van der Waals surface area contributed by atoms with Gasteiger partial charge in [0.05, 0.1) is 21.6 Å². The molecule has 1 saturated heterocycles. The van der Waals surface area contributed by atoms with Crippen LogP contribution in [0.1, 0.15) is 17.3 Å². The van der Waals surface area contributed by atoms with E-state index >= 15 is 0 Å². The standard InChI is InChI=1S/C22H20ClFN4O2S2/c1-2-11-28-19(22(29)26-14-6-7-16(24)15(23)12-14)13-18(27-32(28)30)21-9-8-20(31-21)17-5-3-4-10-25-17/h2-10,12,18-19,27H,1,11,13H2,(H,26,29). The molecule has 3 heterocycles. The van der Waals surface area contributed by atoms with E-state index in [2.05, 4.69) is 21.6 Å². The maximum absolute atomic E-state index is 13.5. The summed E-state index contributed by atoms with van der Waals surface area (Å²) in [6, 6.07) is 12.6. The van der Waals surface area contributed by atoms with Gasteiger partial charge in [0.1, 0.15) is 11.9 Å². The van der Waals surface area contributed by atoms with Gasteiger partial charge in [-0.05, 0) is 48.9 Å². The number of halogens is 2. The zero-order chi connectivity index (χ0) is 22.7. The lowest BCUT2D eigenvalue weighted by molar-refractivity contribution is -0.120. The van der Waals surface area contributed by atoms with Gasteiger partial charge >= 0.3 is 0 Å². The molecule has 1 aromatic carbocycles. The van der Waals surface area contributed by atoms with Crippen LogP contribution < -0.4 is 10.0 Å².